The number of aromatic amines is 1. The molecule has 0 spiro atoms. The second-order valence-corrected chi connectivity index (χ2v) is 4.49. The van der Waals surface area contributed by atoms with Gasteiger partial charge in [-0.25, -0.2) is 0 Å². The number of hydrogen-bond acceptors (Lipinski definition) is 3. The number of rotatable bonds is 5. The predicted molar refractivity (Wildman–Crippen MR) is 77.4 cm³/mol. The Morgan fingerprint density at radius 1 is 1.20 bits per heavy atom. The normalized spacial score (nSPS) is 10.2. The highest BCUT2D eigenvalue weighted by Crippen LogP contribution is 2.29. The third kappa shape index (κ3) is 3.32. The molecule has 1 heterocycles. The molecule has 0 saturated carbocycles. The minimum absolute atomic E-state index is 0.0729. The van der Waals surface area contributed by atoms with Crippen LogP contribution in [-0.4, -0.2) is 25.1 Å². The van der Waals surface area contributed by atoms with Crippen LogP contribution in [0.25, 0.3) is 0 Å². The molecule has 1 aromatic carbocycles. The van der Waals surface area contributed by atoms with Crippen molar-refractivity contribution in [2.24, 2.45) is 0 Å². The Kier molecular flexibility index (Phi) is 4.30. The van der Waals surface area contributed by atoms with Gasteiger partial charge in [-0.05, 0) is 30.7 Å². The highest BCUT2D eigenvalue weighted by molar-refractivity contribution is 5.92. The number of aryl methyl sites for hydroxylation is 1. The summed E-state index contributed by atoms with van der Waals surface area (Å²) < 4.78 is 10.4. The quantitative estimate of drug-likeness (QED) is 0.880. The van der Waals surface area contributed by atoms with Gasteiger partial charge >= 0.3 is 0 Å². The van der Waals surface area contributed by atoms with E-state index in [0.717, 1.165) is 11.3 Å². The molecule has 1 amide bonds. The molecule has 0 fully saturated rings. The van der Waals surface area contributed by atoms with Crippen molar-refractivity contribution >= 4 is 11.6 Å². The van der Waals surface area contributed by atoms with Crippen molar-refractivity contribution in [3.8, 4) is 11.5 Å². The maximum absolute atomic E-state index is 11.9. The van der Waals surface area contributed by atoms with E-state index in [9.17, 15) is 4.79 Å². The zero-order chi connectivity index (χ0) is 14.5. The van der Waals surface area contributed by atoms with Crippen LogP contribution in [0.3, 0.4) is 0 Å². The van der Waals surface area contributed by atoms with Gasteiger partial charge in [-0.3, -0.25) is 4.79 Å². The molecule has 20 heavy (non-hydrogen) atoms. The van der Waals surface area contributed by atoms with Crippen molar-refractivity contribution in [2.45, 2.75) is 13.3 Å². The Morgan fingerprint density at radius 2 is 1.95 bits per heavy atom. The molecule has 0 atom stereocenters. The van der Waals surface area contributed by atoms with Crippen molar-refractivity contribution in [3.63, 3.8) is 0 Å². The first-order valence-electron chi connectivity index (χ1n) is 6.28. The average molecular weight is 274 g/mol. The molecule has 0 radical (unpaired) electrons. The summed E-state index contributed by atoms with van der Waals surface area (Å²) in [6, 6.07) is 7.23. The molecule has 0 aliphatic carbocycles. The Morgan fingerprint density at radius 3 is 2.55 bits per heavy atom. The maximum Gasteiger partial charge on any atom is 0.228 e. The van der Waals surface area contributed by atoms with Crippen molar-refractivity contribution in [1.82, 2.24) is 4.98 Å². The van der Waals surface area contributed by atoms with Crippen LogP contribution in [0.1, 0.15) is 11.3 Å². The van der Waals surface area contributed by atoms with Crippen LogP contribution in [0.5, 0.6) is 11.5 Å². The molecular formula is C15H18N2O3. The molecule has 2 aromatic rings. The Bertz CT molecular complexity index is 605. The van der Waals surface area contributed by atoms with Crippen molar-refractivity contribution in [3.05, 3.63) is 41.7 Å². The molecule has 5 nitrogen and oxygen atoms in total. The SMILES string of the molecule is COc1ccc(NC(=O)Cc2c[nH]c(C)c2)cc1OC. The largest absolute Gasteiger partial charge is 0.493 e. The van der Waals surface area contributed by atoms with E-state index in [-0.39, 0.29) is 5.91 Å². The second-order valence-electron chi connectivity index (χ2n) is 4.49. The van der Waals surface area contributed by atoms with Gasteiger partial charge in [0.05, 0.1) is 20.6 Å². The highest BCUT2D eigenvalue weighted by atomic mass is 16.5. The minimum Gasteiger partial charge on any atom is -0.493 e. The first-order chi connectivity index (χ1) is 9.62. The predicted octanol–water partition coefficient (Wildman–Crippen LogP) is 2.52. The van der Waals surface area contributed by atoms with Crippen LogP contribution in [0.4, 0.5) is 5.69 Å². The Hall–Kier alpha value is -2.43. The number of methoxy groups -OCH3 is 2. The number of aromatic nitrogens is 1. The van der Waals surface area contributed by atoms with Gasteiger partial charge in [-0.15, -0.1) is 0 Å². The zero-order valence-electron chi connectivity index (χ0n) is 11.8. The summed E-state index contributed by atoms with van der Waals surface area (Å²) in [6.45, 7) is 1.95. The Labute approximate surface area is 117 Å². The number of H-pyrrole nitrogens is 1. The van der Waals surface area contributed by atoms with Gasteiger partial charge in [0.25, 0.3) is 0 Å². The summed E-state index contributed by atoms with van der Waals surface area (Å²) in [5, 5.41) is 2.84. The van der Waals surface area contributed by atoms with Crippen LogP contribution in [0.15, 0.2) is 30.5 Å². The van der Waals surface area contributed by atoms with Gasteiger partial charge in [-0.1, -0.05) is 0 Å². The first-order valence-corrected chi connectivity index (χ1v) is 6.28. The van der Waals surface area contributed by atoms with Crippen LogP contribution >= 0.6 is 0 Å². The zero-order valence-corrected chi connectivity index (χ0v) is 11.8. The lowest BCUT2D eigenvalue weighted by molar-refractivity contribution is -0.115. The lowest BCUT2D eigenvalue weighted by Gasteiger charge is -2.10. The number of hydrogen-bond donors (Lipinski definition) is 2. The molecule has 2 N–H and O–H groups in total. The average Bonchev–Trinajstić information content (AvgIpc) is 2.83. The van der Waals surface area contributed by atoms with E-state index in [1.807, 2.05) is 19.2 Å². The monoisotopic (exact) mass is 274 g/mol. The topological polar surface area (TPSA) is 63.3 Å². The maximum atomic E-state index is 11.9. The van der Waals surface area contributed by atoms with Crippen molar-refractivity contribution < 1.29 is 14.3 Å². The van der Waals surface area contributed by atoms with Crippen molar-refractivity contribution in [2.75, 3.05) is 19.5 Å². The minimum atomic E-state index is -0.0729. The summed E-state index contributed by atoms with van der Waals surface area (Å²) in [6.07, 6.45) is 2.17. The molecular weight excluding hydrogens is 256 g/mol. The van der Waals surface area contributed by atoms with E-state index in [1.165, 1.54) is 0 Å². The van der Waals surface area contributed by atoms with Gasteiger partial charge in [0, 0.05) is 23.6 Å². The van der Waals surface area contributed by atoms with E-state index >= 15 is 0 Å². The van der Waals surface area contributed by atoms with Crippen LogP contribution in [-0.2, 0) is 11.2 Å². The second kappa shape index (κ2) is 6.14. The molecule has 5 heteroatoms. The number of anilines is 1. The van der Waals surface area contributed by atoms with Crippen LogP contribution in [0, 0.1) is 6.92 Å². The number of amides is 1. The summed E-state index contributed by atoms with van der Waals surface area (Å²) in [4.78, 5) is 15.0. The first kappa shape index (κ1) is 14.0. The van der Waals surface area contributed by atoms with E-state index in [0.29, 0.717) is 23.6 Å². The fourth-order valence-electron chi connectivity index (χ4n) is 1.97. The van der Waals surface area contributed by atoms with Crippen LogP contribution < -0.4 is 14.8 Å². The van der Waals surface area contributed by atoms with E-state index in [4.69, 9.17) is 9.47 Å². The van der Waals surface area contributed by atoms with Crippen LogP contribution in [0.2, 0.25) is 0 Å². The summed E-state index contributed by atoms with van der Waals surface area (Å²) in [5.41, 5.74) is 2.68. The number of benzene rings is 1. The van der Waals surface area contributed by atoms with E-state index in [1.54, 1.807) is 32.4 Å². The molecule has 0 saturated heterocycles. The van der Waals surface area contributed by atoms with E-state index in [2.05, 4.69) is 10.3 Å². The summed E-state index contributed by atoms with van der Waals surface area (Å²) >= 11 is 0. The molecule has 0 bridgehead atoms. The van der Waals surface area contributed by atoms with Gasteiger partial charge in [0.2, 0.25) is 5.91 Å². The van der Waals surface area contributed by atoms with Gasteiger partial charge in [0.15, 0.2) is 11.5 Å². The van der Waals surface area contributed by atoms with Crippen molar-refractivity contribution in [1.29, 1.82) is 0 Å². The molecule has 0 aliphatic heterocycles. The number of nitrogens with one attached hydrogen (secondary N) is 2. The van der Waals surface area contributed by atoms with Gasteiger partial charge in [0.1, 0.15) is 0 Å². The summed E-state index contributed by atoms with van der Waals surface area (Å²) in [5.74, 6) is 1.14. The lowest BCUT2D eigenvalue weighted by atomic mass is 10.2. The van der Waals surface area contributed by atoms with E-state index < -0.39 is 0 Å². The fraction of sp³-hybridized carbons (Fsp3) is 0.267. The lowest BCUT2D eigenvalue weighted by Crippen LogP contribution is -2.14. The molecule has 0 aliphatic rings. The molecule has 1 aromatic heterocycles. The smallest absolute Gasteiger partial charge is 0.228 e. The third-order valence-corrected chi connectivity index (χ3v) is 2.92. The summed E-state index contributed by atoms with van der Waals surface area (Å²) in [7, 11) is 3.14. The van der Waals surface area contributed by atoms with Gasteiger partial charge in [-0.2, -0.15) is 0 Å². The molecule has 2 rings (SSSR count). The Balaban J connectivity index is 2.04. The fourth-order valence-corrected chi connectivity index (χ4v) is 1.97. The standard InChI is InChI=1S/C15H18N2O3/c1-10-6-11(9-16-10)7-15(18)17-12-4-5-13(19-2)14(8-12)20-3/h4-6,8-9,16H,7H2,1-3H3,(H,17,18). The number of carbonyl (C=O) groups excluding carboxylic acids is 1. The highest BCUT2D eigenvalue weighted by Gasteiger charge is 2.08. The molecule has 106 valence electrons. The number of ether oxygens (including phenoxy) is 2. The molecule has 0 unspecified atom stereocenters. The third-order valence-electron chi connectivity index (χ3n) is 2.92. The number of carbonyl (C=O) groups is 1. The van der Waals surface area contributed by atoms with Gasteiger partial charge < -0.3 is 19.8 Å².